The molecule has 5 rings (SSSR count). The van der Waals surface area contributed by atoms with Crippen molar-refractivity contribution in [2.75, 3.05) is 13.7 Å². The number of benzene rings is 2. The fraction of sp³-hybridized carbons (Fsp3) is 0.389. The number of carbonyl (C=O) groups excluding carboxylic acids is 2. The van der Waals surface area contributed by atoms with Gasteiger partial charge in [0, 0.05) is 54.2 Å². The molecule has 0 radical (unpaired) electrons. The molecule has 44 heavy (non-hydrogen) atoms. The minimum atomic E-state index is -0.300. The summed E-state index contributed by atoms with van der Waals surface area (Å²) in [6, 6.07) is 10.7. The van der Waals surface area contributed by atoms with Gasteiger partial charge in [0.2, 0.25) is 0 Å². The molecule has 0 saturated heterocycles. The molecule has 0 spiro atoms. The van der Waals surface area contributed by atoms with Crippen LogP contribution in [0.1, 0.15) is 64.7 Å². The molecule has 1 unspecified atom stereocenters. The van der Waals surface area contributed by atoms with E-state index in [2.05, 4.69) is 20.8 Å². The van der Waals surface area contributed by atoms with Crippen LogP contribution >= 0.6 is 0 Å². The van der Waals surface area contributed by atoms with Gasteiger partial charge in [-0.15, -0.1) is 0 Å². The van der Waals surface area contributed by atoms with E-state index >= 15 is 0 Å². The van der Waals surface area contributed by atoms with E-state index in [4.69, 9.17) is 29.0 Å². The van der Waals surface area contributed by atoms with Gasteiger partial charge in [-0.05, 0) is 55.7 Å². The molecule has 2 aromatic carbocycles. The van der Waals surface area contributed by atoms with Gasteiger partial charge in [0.1, 0.15) is 28.7 Å². The first-order valence-electron chi connectivity index (χ1n) is 15.1. The summed E-state index contributed by atoms with van der Waals surface area (Å²) in [5.41, 5.74) is 4.22. The summed E-state index contributed by atoms with van der Waals surface area (Å²) in [4.78, 5) is 30.0. The fourth-order valence-corrected chi connectivity index (χ4v) is 5.58. The maximum absolute atomic E-state index is 13.3. The monoisotopic (exact) mass is 596 g/mol. The maximum atomic E-state index is 13.3. The number of ether oxygens (including phenoxy) is 3. The fourth-order valence-electron chi connectivity index (χ4n) is 5.58. The lowest BCUT2D eigenvalue weighted by Gasteiger charge is -2.21. The van der Waals surface area contributed by atoms with E-state index in [0.717, 1.165) is 27.8 Å². The number of furan rings is 1. The zero-order valence-electron chi connectivity index (χ0n) is 26.3. The third-order valence-electron chi connectivity index (χ3n) is 7.89. The number of methoxy groups -OCH3 is 1. The summed E-state index contributed by atoms with van der Waals surface area (Å²) >= 11 is 0. The first-order valence-corrected chi connectivity index (χ1v) is 15.1. The van der Waals surface area contributed by atoms with Gasteiger partial charge < -0.3 is 24.0 Å². The van der Waals surface area contributed by atoms with Crippen LogP contribution in [0.25, 0.3) is 11.0 Å². The quantitative estimate of drug-likeness (QED) is 0.178. The minimum Gasteiger partial charge on any atom is -0.493 e. The van der Waals surface area contributed by atoms with Gasteiger partial charge in [-0.25, -0.2) is 0 Å². The van der Waals surface area contributed by atoms with Crippen molar-refractivity contribution in [3.8, 4) is 23.0 Å². The summed E-state index contributed by atoms with van der Waals surface area (Å²) in [5, 5.41) is 9.66. The molecule has 1 aliphatic heterocycles. The van der Waals surface area contributed by atoms with E-state index in [9.17, 15) is 9.59 Å². The molecular formula is C36H40N2O6. The van der Waals surface area contributed by atoms with Crippen LogP contribution in [0.2, 0.25) is 0 Å². The Morgan fingerprint density at radius 3 is 2.61 bits per heavy atom. The Morgan fingerprint density at radius 2 is 1.93 bits per heavy atom. The van der Waals surface area contributed by atoms with E-state index < -0.39 is 0 Å². The molecule has 8 heteroatoms. The summed E-state index contributed by atoms with van der Waals surface area (Å²) in [5.74, 6) is 3.09. The van der Waals surface area contributed by atoms with Gasteiger partial charge in [-0.3, -0.25) is 14.6 Å². The zero-order valence-corrected chi connectivity index (χ0v) is 26.3. The first kappa shape index (κ1) is 31.0. The average molecular weight is 597 g/mol. The second-order valence-electron chi connectivity index (χ2n) is 12.3. The van der Waals surface area contributed by atoms with Crippen LogP contribution in [-0.4, -0.2) is 42.7 Å². The third kappa shape index (κ3) is 6.69. The van der Waals surface area contributed by atoms with Crippen LogP contribution in [-0.2, 0) is 16.0 Å². The molecule has 1 aliphatic carbocycles. The molecule has 3 aromatic rings. The Bertz CT molecular complexity index is 1720. The number of aryl methyl sites for hydroxylation is 1. The molecular weight excluding hydrogens is 556 g/mol. The lowest BCUT2D eigenvalue weighted by molar-refractivity contribution is -0.118. The van der Waals surface area contributed by atoms with Crippen molar-refractivity contribution in [1.29, 1.82) is 5.41 Å². The molecule has 2 heterocycles. The summed E-state index contributed by atoms with van der Waals surface area (Å²) in [6.07, 6.45) is 5.63. The first-order chi connectivity index (χ1) is 21.0. The summed E-state index contributed by atoms with van der Waals surface area (Å²) < 4.78 is 23.4. The van der Waals surface area contributed by atoms with Crippen molar-refractivity contribution < 1.29 is 28.2 Å². The van der Waals surface area contributed by atoms with Crippen LogP contribution in [0, 0.1) is 17.7 Å². The van der Waals surface area contributed by atoms with Gasteiger partial charge in [0.15, 0.2) is 17.2 Å². The van der Waals surface area contributed by atoms with Crippen molar-refractivity contribution in [2.45, 2.75) is 72.8 Å². The predicted molar refractivity (Wildman–Crippen MR) is 172 cm³/mol. The Kier molecular flexibility index (Phi) is 8.90. The highest BCUT2D eigenvalue weighted by Crippen LogP contribution is 2.42. The Hall–Kier alpha value is -4.46. The van der Waals surface area contributed by atoms with E-state index in [0.29, 0.717) is 60.2 Å². The molecule has 0 amide bonds. The number of Topliss-reactive ketones (excluding diaryl/α,β-unsaturated/α-hetero) is 2. The van der Waals surface area contributed by atoms with Gasteiger partial charge in [0.25, 0.3) is 0 Å². The standard InChI is InChI=1S/C36H40N2O6/c1-7-42-32-20-30-28(18-31(32)41-6)35(21(2)43-30)44-26-10-8-9-22(16-26)15-25(40)17-29(37)27-19-33(36(3,4)5)38-34(27)23-11-13-24(39)14-12-23/h8-11,16,18-20,34,37H,7,12-15,17H2,1-6H3. The average Bonchev–Trinajstić information content (AvgIpc) is 3.55. The largest absolute Gasteiger partial charge is 0.493 e. The number of carbonyl (C=O) groups is 2. The Labute approximate surface area is 258 Å². The SMILES string of the molecule is CCOc1cc2oc(C)c(Oc3cccc(CC(=O)CC(=N)C4=CC(C(C)(C)C)=NC4C4=CCC(=O)CC4)c3)c2cc1OC. The molecule has 8 nitrogen and oxygen atoms in total. The molecule has 230 valence electrons. The van der Waals surface area contributed by atoms with Crippen LogP contribution in [0.3, 0.4) is 0 Å². The van der Waals surface area contributed by atoms with E-state index in [1.807, 2.05) is 56.3 Å². The second kappa shape index (κ2) is 12.6. The molecule has 0 bridgehead atoms. The highest BCUT2D eigenvalue weighted by Gasteiger charge is 2.33. The van der Waals surface area contributed by atoms with E-state index in [1.54, 1.807) is 13.2 Å². The number of aliphatic imine (C=N–C) groups is 1. The number of hydrogen-bond acceptors (Lipinski definition) is 8. The summed E-state index contributed by atoms with van der Waals surface area (Å²) in [7, 11) is 1.59. The third-order valence-corrected chi connectivity index (χ3v) is 7.89. The van der Waals surface area contributed by atoms with Gasteiger partial charge >= 0.3 is 0 Å². The van der Waals surface area contributed by atoms with Crippen LogP contribution in [0.4, 0.5) is 0 Å². The van der Waals surface area contributed by atoms with Crippen LogP contribution in [0.15, 0.2) is 69.1 Å². The molecule has 2 aliphatic rings. The summed E-state index contributed by atoms with van der Waals surface area (Å²) in [6.45, 7) is 10.5. The van der Waals surface area contributed by atoms with Crippen molar-refractivity contribution in [1.82, 2.24) is 0 Å². The molecule has 1 atom stereocenters. The molecule has 1 N–H and O–H groups in total. The lowest BCUT2D eigenvalue weighted by atomic mass is 9.86. The highest BCUT2D eigenvalue weighted by molar-refractivity contribution is 6.16. The number of hydrogen-bond donors (Lipinski definition) is 1. The van der Waals surface area contributed by atoms with E-state index in [1.165, 1.54) is 0 Å². The number of nitrogens with zero attached hydrogens (tertiary/aromatic N) is 1. The zero-order chi connectivity index (χ0) is 31.6. The van der Waals surface area contributed by atoms with Crippen molar-refractivity contribution in [3.05, 3.63) is 71.0 Å². The number of ketones is 2. The maximum Gasteiger partial charge on any atom is 0.176 e. The minimum absolute atomic E-state index is 0.00000668. The highest BCUT2D eigenvalue weighted by atomic mass is 16.5. The number of rotatable bonds is 11. The van der Waals surface area contributed by atoms with Gasteiger partial charge in [-0.2, -0.15) is 0 Å². The van der Waals surface area contributed by atoms with Gasteiger partial charge in [0.05, 0.1) is 25.1 Å². The van der Waals surface area contributed by atoms with Crippen molar-refractivity contribution in [3.63, 3.8) is 0 Å². The Balaban J connectivity index is 1.30. The van der Waals surface area contributed by atoms with Crippen molar-refractivity contribution in [2.24, 2.45) is 10.4 Å². The van der Waals surface area contributed by atoms with Crippen LogP contribution < -0.4 is 14.2 Å². The molecule has 0 fully saturated rings. The molecule has 1 aromatic heterocycles. The van der Waals surface area contributed by atoms with Crippen molar-refractivity contribution >= 4 is 34.0 Å². The number of nitrogens with one attached hydrogen (secondary N) is 1. The topological polar surface area (TPSA) is 111 Å². The smallest absolute Gasteiger partial charge is 0.176 e. The number of allylic oxidation sites excluding steroid dienone is 2. The Morgan fingerprint density at radius 1 is 1.14 bits per heavy atom. The second-order valence-corrected chi connectivity index (χ2v) is 12.3. The predicted octanol–water partition coefficient (Wildman–Crippen LogP) is 7.94. The van der Waals surface area contributed by atoms with E-state index in [-0.39, 0.29) is 41.6 Å². The number of fused-ring (bicyclic) bond motifs is 1. The van der Waals surface area contributed by atoms with Crippen LogP contribution in [0.5, 0.6) is 23.0 Å². The lowest BCUT2D eigenvalue weighted by Crippen LogP contribution is -2.21. The normalized spacial score (nSPS) is 16.8. The molecule has 0 saturated carbocycles. The van der Waals surface area contributed by atoms with Gasteiger partial charge in [-0.1, -0.05) is 39.0 Å².